The van der Waals surface area contributed by atoms with Gasteiger partial charge < -0.3 is 15.0 Å². The lowest BCUT2D eigenvalue weighted by molar-refractivity contribution is -0.123. The summed E-state index contributed by atoms with van der Waals surface area (Å²) in [5.74, 6) is 0.112. The van der Waals surface area contributed by atoms with E-state index in [-0.39, 0.29) is 12.0 Å². The van der Waals surface area contributed by atoms with Gasteiger partial charge in [0.05, 0.1) is 12.6 Å². The average molecular weight is 331 g/mol. The first-order valence-corrected chi connectivity index (χ1v) is 9.03. The molecule has 0 saturated carbocycles. The molecule has 0 bridgehead atoms. The molecule has 0 spiro atoms. The molecule has 132 valence electrons. The predicted molar refractivity (Wildman–Crippen MR) is 96.3 cm³/mol. The number of carbonyl (C=O) groups excluding carboxylic acids is 1. The van der Waals surface area contributed by atoms with Crippen LogP contribution in [0.1, 0.15) is 37.3 Å². The number of benzene rings is 1. The molecule has 1 N–H and O–H groups in total. The van der Waals surface area contributed by atoms with E-state index in [4.69, 9.17) is 4.74 Å². The van der Waals surface area contributed by atoms with Crippen LogP contribution in [0.3, 0.4) is 0 Å². The van der Waals surface area contributed by atoms with Crippen molar-refractivity contribution in [1.29, 1.82) is 0 Å². The van der Waals surface area contributed by atoms with E-state index >= 15 is 0 Å². The second-order valence-electron chi connectivity index (χ2n) is 7.06. The van der Waals surface area contributed by atoms with Gasteiger partial charge in [0.2, 0.25) is 5.91 Å². The zero-order valence-electron chi connectivity index (χ0n) is 14.8. The van der Waals surface area contributed by atoms with E-state index in [1.54, 1.807) is 0 Å². The molecule has 24 heavy (non-hydrogen) atoms. The number of rotatable bonds is 6. The molecule has 0 aromatic heterocycles. The van der Waals surface area contributed by atoms with Crippen molar-refractivity contribution in [2.75, 3.05) is 45.2 Å². The Bertz CT molecular complexity index is 555. The fraction of sp³-hybridized carbons (Fsp3) is 0.632. The predicted octanol–water partition coefficient (Wildman–Crippen LogP) is 2.18. The van der Waals surface area contributed by atoms with Crippen LogP contribution in [-0.2, 0) is 9.53 Å². The normalized spacial score (nSPS) is 24.2. The van der Waals surface area contributed by atoms with Gasteiger partial charge in [-0.2, -0.15) is 0 Å². The maximum atomic E-state index is 12.3. The van der Waals surface area contributed by atoms with E-state index in [0.29, 0.717) is 19.1 Å². The maximum Gasteiger partial charge on any atom is 0.234 e. The summed E-state index contributed by atoms with van der Waals surface area (Å²) in [5, 5.41) is 3.04. The first-order chi connectivity index (χ1) is 11.6. The van der Waals surface area contributed by atoms with Gasteiger partial charge in [-0.05, 0) is 49.9 Å². The number of amides is 1. The second kappa shape index (κ2) is 7.99. The van der Waals surface area contributed by atoms with Gasteiger partial charge >= 0.3 is 0 Å². The van der Waals surface area contributed by atoms with Gasteiger partial charge in [0.15, 0.2) is 0 Å². The largest absolute Gasteiger partial charge is 0.378 e. The van der Waals surface area contributed by atoms with E-state index in [0.717, 1.165) is 38.8 Å². The maximum absolute atomic E-state index is 12.3. The van der Waals surface area contributed by atoms with E-state index in [9.17, 15) is 4.79 Å². The van der Waals surface area contributed by atoms with Crippen molar-refractivity contribution in [3.63, 3.8) is 0 Å². The molecule has 2 heterocycles. The lowest BCUT2D eigenvalue weighted by Crippen LogP contribution is -2.40. The molecule has 1 amide bonds. The zero-order chi connectivity index (χ0) is 16.9. The van der Waals surface area contributed by atoms with E-state index in [1.807, 2.05) is 0 Å². The third kappa shape index (κ3) is 4.28. The van der Waals surface area contributed by atoms with Crippen LogP contribution in [0.5, 0.6) is 0 Å². The van der Waals surface area contributed by atoms with Gasteiger partial charge in [0.25, 0.3) is 0 Å². The van der Waals surface area contributed by atoms with Gasteiger partial charge in [-0.3, -0.25) is 9.69 Å². The van der Waals surface area contributed by atoms with Crippen molar-refractivity contribution >= 4 is 11.6 Å². The van der Waals surface area contributed by atoms with Crippen LogP contribution in [0.15, 0.2) is 24.3 Å². The van der Waals surface area contributed by atoms with Crippen LogP contribution in [0.4, 0.5) is 5.69 Å². The molecule has 2 aliphatic rings. The monoisotopic (exact) mass is 331 g/mol. The summed E-state index contributed by atoms with van der Waals surface area (Å²) >= 11 is 0. The summed E-state index contributed by atoms with van der Waals surface area (Å²) in [6.07, 6.45) is 4.65. The third-order valence-electron chi connectivity index (χ3n) is 5.03. The summed E-state index contributed by atoms with van der Waals surface area (Å²) < 4.78 is 5.57. The Labute approximate surface area is 145 Å². The third-order valence-corrected chi connectivity index (χ3v) is 5.03. The molecule has 0 unspecified atom stereocenters. The molecule has 2 fully saturated rings. The van der Waals surface area contributed by atoms with Crippen molar-refractivity contribution in [1.82, 2.24) is 10.2 Å². The number of carbonyl (C=O) groups is 1. The number of nitrogens with one attached hydrogen (secondary N) is 1. The Hall–Kier alpha value is -1.59. The topological polar surface area (TPSA) is 44.8 Å². The number of likely N-dealkylation sites (tertiary alicyclic amines) is 1. The average Bonchev–Trinajstić information content (AvgIpc) is 3.24. The highest BCUT2D eigenvalue weighted by atomic mass is 16.5. The standard InChI is InChI=1S/C19H29N3O2/c1-21(2)16-7-3-6-15(12-16)18-9-4-10-22(18)14-19(23)20-13-17-8-5-11-24-17/h3,6-7,12,17-18H,4-5,8-11,13-14H2,1-2H3,(H,20,23)/t17-,18+/m1/s1. The van der Waals surface area contributed by atoms with Crippen LogP contribution in [-0.4, -0.2) is 57.2 Å². The van der Waals surface area contributed by atoms with Gasteiger partial charge in [-0.15, -0.1) is 0 Å². The lowest BCUT2D eigenvalue weighted by Gasteiger charge is -2.25. The highest BCUT2D eigenvalue weighted by Crippen LogP contribution is 2.33. The van der Waals surface area contributed by atoms with E-state index in [2.05, 4.69) is 53.5 Å². The number of anilines is 1. The Morgan fingerprint density at radius 2 is 2.21 bits per heavy atom. The van der Waals surface area contributed by atoms with Gasteiger partial charge in [0, 0.05) is 39.0 Å². The van der Waals surface area contributed by atoms with Crippen molar-refractivity contribution < 1.29 is 9.53 Å². The van der Waals surface area contributed by atoms with Crippen molar-refractivity contribution in [2.24, 2.45) is 0 Å². The van der Waals surface area contributed by atoms with Crippen LogP contribution in [0.2, 0.25) is 0 Å². The van der Waals surface area contributed by atoms with Crippen LogP contribution >= 0.6 is 0 Å². The van der Waals surface area contributed by atoms with Gasteiger partial charge in [0.1, 0.15) is 0 Å². The smallest absolute Gasteiger partial charge is 0.234 e. The van der Waals surface area contributed by atoms with Gasteiger partial charge in [-0.25, -0.2) is 0 Å². The number of ether oxygens (including phenoxy) is 1. The van der Waals surface area contributed by atoms with Gasteiger partial charge in [-0.1, -0.05) is 12.1 Å². The zero-order valence-corrected chi connectivity index (χ0v) is 14.8. The lowest BCUT2D eigenvalue weighted by atomic mass is 10.0. The number of hydrogen-bond acceptors (Lipinski definition) is 4. The van der Waals surface area contributed by atoms with Crippen LogP contribution < -0.4 is 10.2 Å². The summed E-state index contributed by atoms with van der Waals surface area (Å²) in [4.78, 5) is 16.7. The SMILES string of the molecule is CN(C)c1cccc([C@@H]2CCCN2CC(=O)NC[C@H]2CCCO2)c1. The number of hydrogen-bond donors (Lipinski definition) is 1. The van der Waals surface area contributed by atoms with Crippen LogP contribution in [0.25, 0.3) is 0 Å². The molecule has 3 rings (SSSR count). The Morgan fingerprint density at radius 1 is 1.33 bits per heavy atom. The summed E-state index contributed by atoms with van der Waals surface area (Å²) in [6.45, 7) is 2.94. The van der Waals surface area contributed by atoms with E-state index in [1.165, 1.54) is 11.3 Å². The minimum Gasteiger partial charge on any atom is -0.378 e. The quantitative estimate of drug-likeness (QED) is 0.868. The molecule has 2 atom stereocenters. The summed E-state index contributed by atoms with van der Waals surface area (Å²) in [6, 6.07) is 9.00. The highest BCUT2D eigenvalue weighted by Gasteiger charge is 2.28. The fourth-order valence-electron chi connectivity index (χ4n) is 3.68. The molecule has 0 aliphatic carbocycles. The van der Waals surface area contributed by atoms with Crippen LogP contribution in [0, 0.1) is 0 Å². The molecule has 1 aromatic carbocycles. The van der Waals surface area contributed by atoms with Crippen molar-refractivity contribution in [2.45, 2.75) is 37.8 Å². The van der Waals surface area contributed by atoms with Crippen molar-refractivity contribution in [3.05, 3.63) is 29.8 Å². The Morgan fingerprint density at radius 3 is 2.96 bits per heavy atom. The fourth-order valence-corrected chi connectivity index (χ4v) is 3.68. The molecule has 5 nitrogen and oxygen atoms in total. The summed E-state index contributed by atoms with van der Waals surface area (Å²) in [5.41, 5.74) is 2.52. The second-order valence-corrected chi connectivity index (χ2v) is 7.06. The Kier molecular flexibility index (Phi) is 5.74. The minimum atomic E-state index is 0.112. The first kappa shape index (κ1) is 17.2. The van der Waals surface area contributed by atoms with E-state index < -0.39 is 0 Å². The molecule has 0 radical (unpaired) electrons. The highest BCUT2D eigenvalue weighted by molar-refractivity contribution is 5.78. The first-order valence-electron chi connectivity index (χ1n) is 9.03. The Balaban J connectivity index is 1.56. The number of nitrogens with zero attached hydrogens (tertiary/aromatic N) is 2. The molecule has 5 heteroatoms. The minimum absolute atomic E-state index is 0.112. The molecule has 2 aliphatic heterocycles. The molecular weight excluding hydrogens is 302 g/mol. The van der Waals surface area contributed by atoms with Crippen molar-refractivity contribution in [3.8, 4) is 0 Å². The molecule has 1 aromatic rings. The summed E-state index contributed by atoms with van der Waals surface area (Å²) in [7, 11) is 4.12. The molecular formula is C19H29N3O2. The molecule has 2 saturated heterocycles.